The number of nitrogens with zero attached hydrogens (tertiary/aromatic N) is 2. The molecule has 1 amide bonds. The van der Waals surface area contributed by atoms with Gasteiger partial charge in [-0.1, -0.05) is 6.92 Å². The van der Waals surface area contributed by atoms with Gasteiger partial charge < -0.3 is 15.4 Å². The van der Waals surface area contributed by atoms with Crippen LogP contribution in [0.4, 0.5) is 10.2 Å². The Morgan fingerprint density at radius 3 is 3.11 bits per heavy atom. The maximum Gasteiger partial charge on any atom is 0.257 e. The standard InChI is InChI=1S/C13H18FN3O2/c1-3-9-7-19-8(2)6-17(9)13(18)10-4-5-16-12(15)11(10)14/h4-5,8-9H,3,6-7H2,1-2H3,(H2,15,16). The van der Waals surface area contributed by atoms with Crippen LogP contribution in [0.25, 0.3) is 0 Å². The number of hydrogen-bond acceptors (Lipinski definition) is 4. The first-order valence-electron chi connectivity index (χ1n) is 6.37. The van der Waals surface area contributed by atoms with Crippen LogP contribution in [-0.4, -0.2) is 41.1 Å². The van der Waals surface area contributed by atoms with Gasteiger partial charge in [0.25, 0.3) is 5.91 Å². The van der Waals surface area contributed by atoms with Crippen LogP contribution in [0.15, 0.2) is 12.3 Å². The van der Waals surface area contributed by atoms with E-state index in [-0.39, 0.29) is 29.4 Å². The molecule has 1 aromatic heterocycles. The molecule has 19 heavy (non-hydrogen) atoms. The molecule has 1 aromatic rings. The summed E-state index contributed by atoms with van der Waals surface area (Å²) in [6, 6.07) is 1.33. The predicted octanol–water partition coefficient (Wildman–Crippen LogP) is 1.44. The van der Waals surface area contributed by atoms with Crippen molar-refractivity contribution in [3.8, 4) is 0 Å². The van der Waals surface area contributed by atoms with Crippen LogP contribution in [0.2, 0.25) is 0 Å². The fourth-order valence-corrected chi connectivity index (χ4v) is 2.21. The Labute approximate surface area is 111 Å². The molecular formula is C13H18FN3O2. The number of rotatable bonds is 2. The van der Waals surface area contributed by atoms with E-state index < -0.39 is 5.82 Å². The number of carbonyl (C=O) groups excluding carboxylic acids is 1. The van der Waals surface area contributed by atoms with E-state index in [0.29, 0.717) is 13.2 Å². The number of anilines is 1. The minimum Gasteiger partial charge on any atom is -0.381 e. The Kier molecular flexibility index (Phi) is 3.99. The third-order valence-electron chi connectivity index (χ3n) is 3.35. The average Bonchev–Trinajstić information content (AvgIpc) is 2.41. The fraction of sp³-hybridized carbons (Fsp3) is 0.538. The van der Waals surface area contributed by atoms with Crippen molar-refractivity contribution >= 4 is 11.7 Å². The number of nitrogens with two attached hydrogens (primary N) is 1. The summed E-state index contributed by atoms with van der Waals surface area (Å²) in [4.78, 5) is 17.7. The molecule has 0 saturated carbocycles. The molecule has 5 nitrogen and oxygen atoms in total. The van der Waals surface area contributed by atoms with Crippen LogP contribution in [0, 0.1) is 5.82 Å². The summed E-state index contributed by atoms with van der Waals surface area (Å²) in [6.07, 6.45) is 2.06. The van der Waals surface area contributed by atoms with Crippen LogP contribution in [0.5, 0.6) is 0 Å². The zero-order valence-corrected chi connectivity index (χ0v) is 11.1. The van der Waals surface area contributed by atoms with E-state index in [9.17, 15) is 9.18 Å². The highest BCUT2D eigenvalue weighted by Gasteiger charge is 2.31. The molecule has 1 fully saturated rings. The summed E-state index contributed by atoms with van der Waals surface area (Å²) in [5, 5.41) is 0. The van der Waals surface area contributed by atoms with Crippen molar-refractivity contribution in [2.75, 3.05) is 18.9 Å². The number of carbonyl (C=O) groups is 1. The fourth-order valence-electron chi connectivity index (χ4n) is 2.21. The van der Waals surface area contributed by atoms with Gasteiger partial charge in [-0.3, -0.25) is 4.79 Å². The van der Waals surface area contributed by atoms with Gasteiger partial charge in [-0.15, -0.1) is 0 Å². The SMILES string of the molecule is CCC1COC(C)CN1C(=O)c1ccnc(N)c1F. The van der Waals surface area contributed by atoms with E-state index in [1.54, 1.807) is 4.90 Å². The first-order valence-corrected chi connectivity index (χ1v) is 6.37. The van der Waals surface area contributed by atoms with E-state index in [0.717, 1.165) is 6.42 Å². The molecule has 1 aliphatic heterocycles. The number of aromatic nitrogens is 1. The summed E-state index contributed by atoms with van der Waals surface area (Å²) in [6.45, 7) is 4.80. The lowest BCUT2D eigenvalue weighted by Crippen LogP contribution is -2.51. The third kappa shape index (κ3) is 2.68. The van der Waals surface area contributed by atoms with E-state index in [2.05, 4.69) is 4.98 Å². The first-order chi connectivity index (χ1) is 9.04. The Morgan fingerprint density at radius 1 is 1.68 bits per heavy atom. The lowest BCUT2D eigenvalue weighted by molar-refractivity contribution is -0.0445. The normalized spacial score (nSPS) is 23.4. The van der Waals surface area contributed by atoms with Crippen molar-refractivity contribution in [2.45, 2.75) is 32.4 Å². The Morgan fingerprint density at radius 2 is 2.42 bits per heavy atom. The Balaban J connectivity index is 2.28. The van der Waals surface area contributed by atoms with Crippen LogP contribution in [-0.2, 0) is 4.74 Å². The van der Waals surface area contributed by atoms with Gasteiger partial charge >= 0.3 is 0 Å². The van der Waals surface area contributed by atoms with Crippen molar-refractivity contribution in [1.29, 1.82) is 0 Å². The third-order valence-corrected chi connectivity index (χ3v) is 3.35. The number of amides is 1. The lowest BCUT2D eigenvalue weighted by atomic mass is 10.1. The first kappa shape index (κ1) is 13.7. The molecule has 104 valence electrons. The number of pyridine rings is 1. The van der Waals surface area contributed by atoms with Crippen molar-refractivity contribution in [2.24, 2.45) is 0 Å². The molecule has 0 spiro atoms. The number of halogens is 1. The maximum absolute atomic E-state index is 13.9. The van der Waals surface area contributed by atoms with Crippen LogP contribution >= 0.6 is 0 Å². The van der Waals surface area contributed by atoms with Gasteiger partial charge in [0.05, 0.1) is 24.3 Å². The van der Waals surface area contributed by atoms with Crippen molar-refractivity contribution in [3.05, 3.63) is 23.6 Å². The molecular weight excluding hydrogens is 249 g/mol. The van der Waals surface area contributed by atoms with Gasteiger partial charge in [-0.25, -0.2) is 9.37 Å². The molecule has 6 heteroatoms. The number of ether oxygens (including phenoxy) is 1. The quantitative estimate of drug-likeness (QED) is 0.880. The van der Waals surface area contributed by atoms with Gasteiger partial charge in [-0.2, -0.15) is 0 Å². The zero-order chi connectivity index (χ0) is 14.0. The summed E-state index contributed by atoms with van der Waals surface area (Å²) >= 11 is 0. The maximum atomic E-state index is 13.9. The van der Waals surface area contributed by atoms with Crippen LogP contribution < -0.4 is 5.73 Å². The monoisotopic (exact) mass is 267 g/mol. The van der Waals surface area contributed by atoms with Crippen molar-refractivity contribution in [1.82, 2.24) is 9.88 Å². The molecule has 0 radical (unpaired) electrons. The smallest absolute Gasteiger partial charge is 0.257 e. The van der Waals surface area contributed by atoms with Crippen molar-refractivity contribution in [3.63, 3.8) is 0 Å². The molecule has 2 unspecified atom stereocenters. The summed E-state index contributed by atoms with van der Waals surface area (Å²) in [5.74, 6) is -1.35. The van der Waals surface area contributed by atoms with Gasteiger partial charge in [0.2, 0.25) is 0 Å². The van der Waals surface area contributed by atoms with Crippen molar-refractivity contribution < 1.29 is 13.9 Å². The molecule has 2 heterocycles. The van der Waals surface area contributed by atoms with E-state index in [1.807, 2.05) is 13.8 Å². The van der Waals surface area contributed by atoms with Gasteiger partial charge in [-0.05, 0) is 19.4 Å². The molecule has 2 atom stereocenters. The summed E-state index contributed by atoms with van der Waals surface area (Å²) in [5.41, 5.74) is 5.37. The molecule has 1 aliphatic rings. The second kappa shape index (κ2) is 5.52. The molecule has 0 bridgehead atoms. The highest BCUT2D eigenvalue weighted by Crippen LogP contribution is 2.20. The highest BCUT2D eigenvalue weighted by molar-refractivity contribution is 5.95. The zero-order valence-electron chi connectivity index (χ0n) is 11.1. The Hall–Kier alpha value is -1.69. The number of nitrogen functional groups attached to an aromatic ring is 1. The predicted molar refractivity (Wildman–Crippen MR) is 69.1 cm³/mol. The van der Waals surface area contributed by atoms with Crippen LogP contribution in [0.3, 0.4) is 0 Å². The molecule has 2 N–H and O–H groups in total. The summed E-state index contributed by atoms with van der Waals surface area (Å²) in [7, 11) is 0. The van der Waals surface area contributed by atoms with Gasteiger partial charge in [0.15, 0.2) is 11.6 Å². The number of hydrogen-bond donors (Lipinski definition) is 1. The largest absolute Gasteiger partial charge is 0.381 e. The Bertz CT molecular complexity index is 481. The second-order valence-electron chi connectivity index (χ2n) is 4.72. The van der Waals surface area contributed by atoms with Gasteiger partial charge in [0.1, 0.15) is 0 Å². The molecule has 1 saturated heterocycles. The minimum absolute atomic E-state index is 0.0277. The van der Waals surface area contributed by atoms with Gasteiger partial charge in [0, 0.05) is 12.7 Å². The number of morpholine rings is 1. The molecule has 2 rings (SSSR count). The van der Waals surface area contributed by atoms with E-state index >= 15 is 0 Å². The molecule has 0 aliphatic carbocycles. The lowest BCUT2D eigenvalue weighted by Gasteiger charge is -2.38. The average molecular weight is 267 g/mol. The second-order valence-corrected chi connectivity index (χ2v) is 4.72. The van der Waals surface area contributed by atoms with Crippen LogP contribution in [0.1, 0.15) is 30.6 Å². The van der Waals surface area contributed by atoms with E-state index in [1.165, 1.54) is 12.3 Å². The molecule has 0 aromatic carbocycles. The van der Waals surface area contributed by atoms with E-state index in [4.69, 9.17) is 10.5 Å². The minimum atomic E-state index is -0.749. The summed E-state index contributed by atoms with van der Waals surface area (Å²) < 4.78 is 19.4. The highest BCUT2D eigenvalue weighted by atomic mass is 19.1. The topological polar surface area (TPSA) is 68.5 Å².